The van der Waals surface area contributed by atoms with Gasteiger partial charge in [-0.15, -0.1) is 0 Å². The van der Waals surface area contributed by atoms with Gasteiger partial charge < -0.3 is 0 Å². The first-order valence-corrected chi connectivity index (χ1v) is 17.0. The lowest BCUT2D eigenvalue weighted by Crippen LogP contribution is -1.93. The fourth-order valence-corrected chi connectivity index (χ4v) is 6.96. The highest BCUT2D eigenvalue weighted by atomic mass is 14.7. The predicted octanol–water partition coefficient (Wildman–Crippen LogP) is 12.8. The van der Waals surface area contributed by atoms with Crippen LogP contribution in [0.3, 0.4) is 0 Å². The second kappa shape index (κ2) is 12.8. The molecule has 2 heteroatoms. The Morgan fingerprint density at radius 2 is 0.640 bits per heavy atom. The molecule has 0 aliphatic rings. The monoisotopic (exact) mass is 636 g/mol. The van der Waals surface area contributed by atoms with Crippen molar-refractivity contribution in [2.45, 2.75) is 0 Å². The van der Waals surface area contributed by atoms with Gasteiger partial charge in [-0.25, -0.2) is 9.97 Å². The van der Waals surface area contributed by atoms with Crippen molar-refractivity contribution >= 4 is 21.7 Å². The average molecular weight is 637 g/mol. The highest BCUT2D eigenvalue weighted by Crippen LogP contribution is 2.41. The van der Waals surface area contributed by atoms with Crippen molar-refractivity contribution in [1.82, 2.24) is 9.97 Å². The van der Waals surface area contributed by atoms with E-state index < -0.39 is 0 Å². The van der Waals surface area contributed by atoms with Crippen LogP contribution in [0, 0.1) is 0 Å². The third kappa shape index (κ3) is 5.53. The zero-order chi connectivity index (χ0) is 33.3. The number of fused-ring (bicyclic) bond motifs is 3. The Bertz CT molecular complexity index is 2540. The van der Waals surface area contributed by atoms with Gasteiger partial charge in [0.15, 0.2) is 0 Å². The van der Waals surface area contributed by atoms with Gasteiger partial charge in [0, 0.05) is 27.5 Å². The molecule has 0 bridgehead atoms. The standard InChI is InChI=1S/C48H32N2/c1-5-15-33(16-6-1)39-29-45(36-19-9-3-10-20-36)49-46(30-39)38-27-25-35(26-28-38)42-31-44-43(34-17-7-2-8-18-34)32-47(37-21-11-4-12-22-37)50-48(44)41-24-14-13-23-40(41)42/h1-32H. The third-order valence-electron chi connectivity index (χ3n) is 9.47. The molecule has 0 atom stereocenters. The van der Waals surface area contributed by atoms with Crippen LogP contribution in [0.2, 0.25) is 0 Å². The number of pyridine rings is 2. The fourth-order valence-electron chi connectivity index (χ4n) is 6.96. The first-order valence-electron chi connectivity index (χ1n) is 17.0. The SMILES string of the molecule is c1ccc(-c2cc(-c3ccccc3)nc(-c3ccc(-c4cc5c(-c6ccccc6)cc(-c6ccccc6)nc5c5ccccc45)cc3)c2)cc1. The van der Waals surface area contributed by atoms with E-state index in [9.17, 15) is 0 Å². The second-order valence-corrected chi connectivity index (χ2v) is 12.6. The average Bonchev–Trinajstić information content (AvgIpc) is 3.21. The van der Waals surface area contributed by atoms with Crippen molar-refractivity contribution in [1.29, 1.82) is 0 Å². The summed E-state index contributed by atoms with van der Waals surface area (Å²) >= 11 is 0. The van der Waals surface area contributed by atoms with E-state index in [1.165, 1.54) is 27.6 Å². The Kier molecular flexibility index (Phi) is 7.53. The van der Waals surface area contributed by atoms with Gasteiger partial charge in [-0.05, 0) is 63.0 Å². The minimum Gasteiger partial charge on any atom is -0.248 e. The molecule has 0 N–H and O–H groups in total. The second-order valence-electron chi connectivity index (χ2n) is 12.6. The summed E-state index contributed by atoms with van der Waals surface area (Å²) in [5, 5.41) is 3.46. The van der Waals surface area contributed by atoms with Crippen LogP contribution in [-0.2, 0) is 0 Å². The summed E-state index contributed by atoms with van der Waals surface area (Å²) < 4.78 is 0. The molecule has 0 unspecified atom stereocenters. The Morgan fingerprint density at radius 1 is 0.240 bits per heavy atom. The zero-order valence-electron chi connectivity index (χ0n) is 27.4. The van der Waals surface area contributed by atoms with Crippen LogP contribution < -0.4 is 0 Å². The highest BCUT2D eigenvalue weighted by molar-refractivity contribution is 6.16. The van der Waals surface area contributed by atoms with Crippen LogP contribution in [0.15, 0.2) is 194 Å². The van der Waals surface area contributed by atoms with E-state index in [4.69, 9.17) is 9.97 Å². The molecular formula is C48H32N2. The summed E-state index contributed by atoms with van der Waals surface area (Å²) in [6.07, 6.45) is 0. The summed E-state index contributed by atoms with van der Waals surface area (Å²) in [7, 11) is 0. The Morgan fingerprint density at radius 3 is 1.22 bits per heavy atom. The smallest absolute Gasteiger partial charge is 0.0794 e. The van der Waals surface area contributed by atoms with E-state index in [1.54, 1.807) is 0 Å². The molecule has 9 aromatic rings. The van der Waals surface area contributed by atoms with Gasteiger partial charge in [0.1, 0.15) is 0 Å². The topological polar surface area (TPSA) is 25.8 Å². The van der Waals surface area contributed by atoms with Gasteiger partial charge in [-0.1, -0.05) is 170 Å². The minimum atomic E-state index is 0.948. The van der Waals surface area contributed by atoms with Gasteiger partial charge in [0.05, 0.1) is 22.6 Å². The lowest BCUT2D eigenvalue weighted by molar-refractivity contribution is 1.32. The van der Waals surface area contributed by atoms with Crippen LogP contribution in [0.5, 0.6) is 0 Å². The van der Waals surface area contributed by atoms with Crippen molar-refractivity contribution in [3.05, 3.63) is 194 Å². The molecule has 2 nitrogen and oxygen atoms in total. The summed E-state index contributed by atoms with van der Waals surface area (Å²) in [6, 6.07) is 68.6. The maximum atomic E-state index is 5.31. The summed E-state index contributed by atoms with van der Waals surface area (Å²) in [5.74, 6) is 0. The molecule has 0 saturated heterocycles. The lowest BCUT2D eigenvalue weighted by atomic mass is 9.90. The molecular weight excluding hydrogens is 605 g/mol. The molecule has 0 aliphatic carbocycles. The van der Waals surface area contributed by atoms with Crippen LogP contribution in [-0.4, -0.2) is 9.97 Å². The van der Waals surface area contributed by atoms with E-state index in [-0.39, 0.29) is 0 Å². The molecule has 0 spiro atoms. The van der Waals surface area contributed by atoms with E-state index in [1.807, 2.05) is 12.1 Å². The Hall–Kier alpha value is -6.64. The molecule has 0 aliphatic heterocycles. The third-order valence-corrected chi connectivity index (χ3v) is 9.47. The molecule has 50 heavy (non-hydrogen) atoms. The first kappa shape index (κ1) is 29.5. The van der Waals surface area contributed by atoms with E-state index >= 15 is 0 Å². The van der Waals surface area contributed by atoms with Crippen molar-refractivity contribution in [3.8, 4) is 67.2 Å². The fraction of sp³-hybridized carbons (Fsp3) is 0. The zero-order valence-corrected chi connectivity index (χ0v) is 27.4. The van der Waals surface area contributed by atoms with E-state index in [0.29, 0.717) is 0 Å². The van der Waals surface area contributed by atoms with Crippen LogP contribution in [0.25, 0.3) is 88.8 Å². The molecule has 7 aromatic carbocycles. The van der Waals surface area contributed by atoms with Gasteiger partial charge in [0.25, 0.3) is 0 Å². The number of hydrogen-bond donors (Lipinski definition) is 0. The number of aromatic nitrogens is 2. The van der Waals surface area contributed by atoms with Crippen molar-refractivity contribution in [3.63, 3.8) is 0 Å². The van der Waals surface area contributed by atoms with Crippen LogP contribution >= 0.6 is 0 Å². The van der Waals surface area contributed by atoms with Gasteiger partial charge in [-0.2, -0.15) is 0 Å². The van der Waals surface area contributed by atoms with Gasteiger partial charge in [0.2, 0.25) is 0 Å². The number of nitrogens with zero attached hydrogens (tertiary/aromatic N) is 2. The molecule has 2 aromatic heterocycles. The van der Waals surface area contributed by atoms with Crippen LogP contribution in [0.4, 0.5) is 0 Å². The predicted molar refractivity (Wildman–Crippen MR) is 210 cm³/mol. The molecule has 9 rings (SSSR count). The van der Waals surface area contributed by atoms with Gasteiger partial charge >= 0.3 is 0 Å². The number of hydrogen-bond acceptors (Lipinski definition) is 2. The largest absolute Gasteiger partial charge is 0.248 e. The molecule has 0 saturated carbocycles. The van der Waals surface area contributed by atoms with E-state index in [2.05, 4.69) is 182 Å². The van der Waals surface area contributed by atoms with Crippen molar-refractivity contribution in [2.24, 2.45) is 0 Å². The Labute approximate surface area is 292 Å². The quantitative estimate of drug-likeness (QED) is 0.170. The minimum absolute atomic E-state index is 0.948. The van der Waals surface area contributed by atoms with Crippen LogP contribution in [0.1, 0.15) is 0 Å². The highest BCUT2D eigenvalue weighted by Gasteiger charge is 2.16. The molecule has 0 fully saturated rings. The summed E-state index contributed by atoms with van der Waals surface area (Å²) in [5.41, 5.74) is 14.2. The van der Waals surface area contributed by atoms with Gasteiger partial charge in [-0.3, -0.25) is 0 Å². The van der Waals surface area contributed by atoms with Crippen molar-refractivity contribution < 1.29 is 0 Å². The lowest BCUT2D eigenvalue weighted by Gasteiger charge is -2.16. The number of benzene rings is 7. The maximum Gasteiger partial charge on any atom is 0.0794 e. The summed E-state index contributed by atoms with van der Waals surface area (Å²) in [4.78, 5) is 10.5. The normalized spacial score (nSPS) is 11.2. The van der Waals surface area contributed by atoms with Crippen molar-refractivity contribution in [2.75, 3.05) is 0 Å². The summed E-state index contributed by atoms with van der Waals surface area (Å²) in [6.45, 7) is 0. The molecule has 234 valence electrons. The van der Waals surface area contributed by atoms with E-state index in [0.717, 1.165) is 61.2 Å². The first-order chi connectivity index (χ1) is 24.8. The maximum absolute atomic E-state index is 5.31. The number of rotatable bonds is 6. The molecule has 0 radical (unpaired) electrons. The molecule has 2 heterocycles. The molecule has 0 amide bonds. The Balaban J connectivity index is 1.21.